The van der Waals surface area contributed by atoms with E-state index in [2.05, 4.69) is 18.7 Å². The maximum Gasteiger partial charge on any atom is 0.167 e. The van der Waals surface area contributed by atoms with Gasteiger partial charge >= 0.3 is 0 Å². The van der Waals surface area contributed by atoms with Gasteiger partial charge in [-0.1, -0.05) is 0 Å². The Bertz CT molecular complexity index is 451. The number of benzene rings is 1. The average Bonchev–Trinajstić information content (AvgIpc) is 2.27. The monoisotopic (exact) mass is 270 g/mol. The first-order valence-electron chi connectivity index (χ1n) is 5.95. The quantitative estimate of drug-likeness (QED) is 0.839. The fraction of sp³-hybridized carbons (Fsp3) is 0.538. The fourth-order valence-corrected chi connectivity index (χ4v) is 3.32. The van der Waals surface area contributed by atoms with Crippen molar-refractivity contribution in [1.82, 2.24) is 0 Å². The summed E-state index contributed by atoms with van der Waals surface area (Å²) in [7, 11) is 1.47. The number of nitrogen functional groups attached to an aromatic ring is 1. The lowest BCUT2D eigenvalue weighted by atomic mass is 10.1. The van der Waals surface area contributed by atoms with Crippen LogP contribution < -0.4 is 15.4 Å². The van der Waals surface area contributed by atoms with E-state index in [1.807, 2.05) is 11.8 Å². The fourth-order valence-electron chi connectivity index (χ4n) is 2.21. The zero-order chi connectivity index (χ0) is 13.3. The summed E-state index contributed by atoms with van der Waals surface area (Å²) in [6, 6.07) is 3.03. The lowest BCUT2D eigenvalue weighted by molar-refractivity contribution is 0.386. The summed E-state index contributed by atoms with van der Waals surface area (Å²) in [6.45, 7) is 6.24. The predicted octanol–water partition coefficient (Wildman–Crippen LogP) is 2.75. The Hall–Kier alpha value is -1.10. The summed E-state index contributed by atoms with van der Waals surface area (Å²) in [5.41, 5.74) is 7.25. The SMILES string of the molecule is COc1cc(N2CCSC(C)(C)C2)c(N)cc1F. The second-order valence-electron chi connectivity index (χ2n) is 5.08. The maximum atomic E-state index is 13.5. The standard InChI is InChI=1S/C13H19FN2OS/c1-13(2)8-16(4-5-18-13)11-7-12(17-3)9(14)6-10(11)15/h6-7H,4-5,8,15H2,1-3H3. The van der Waals surface area contributed by atoms with Crippen LogP contribution in [0.15, 0.2) is 12.1 Å². The lowest BCUT2D eigenvalue weighted by Crippen LogP contribution is -2.43. The molecular formula is C13H19FN2OS. The van der Waals surface area contributed by atoms with Gasteiger partial charge in [-0.3, -0.25) is 0 Å². The summed E-state index contributed by atoms with van der Waals surface area (Å²) in [5, 5.41) is 0. The van der Waals surface area contributed by atoms with Crippen LogP contribution in [0.1, 0.15) is 13.8 Å². The Morgan fingerprint density at radius 2 is 2.17 bits per heavy atom. The lowest BCUT2D eigenvalue weighted by Gasteiger charge is -2.39. The van der Waals surface area contributed by atoms with Crippen LogP contribution in [-0.2, 0) is 0 Å². The number of rotatable bonds is 2. The summed E-state index contributed by atoms with van der Waals surface area (Å²) in [4.78, 5) is 2.20. The molecule has 3 nitrogen and oxygen atoms in total. The molecule has 0 bridgehead atoms. The van der Waals surface area contributed by atoms with E-state index in [4.69, 9.17) is 10.5 Å². The van der Waals surface area contributed by atoms with E-state index in [-0.39, 0.29) is 10.5 Å². The molecule has 1 fully saturated rings. The number of thioether (sulfide) groups is 1. The van der Waals surface area contributed by atoms with Crippen LogP contribution in [-0.4, -0.2) is 30.7 Å². The largest absolute Gasteiger partial charge is 0.494 e. The molecule has 100 valence electrons. The van der Waals surface area contributed by atoms with Gasteiger partial charge < -0.3 is 15.4 Å². The molecule has 0 saturated carbocycles. The molecule has 1 aliphatic rings. The highest BCUT2D eigenvalue weighted by molar-refractivity contribution is 8.00. The third kappa shape index (κ3) is 2.66. The van der Waals surface area contributed by atoms with Gasteiger partial charge in [0.15, 0.2) is 11.6 Å². The highest BCUT2D eigenvalue weighted by Gasteiger charge is 2.28. The molecule has 2 N–H and O–H groups in total. The van der Waals surface area contributed by atoms with Crippen molar-refractivity contribution in [1.29, 1.82) is 0 Å². The molecule has 1 heterocycles. The maximum absolute atomic E-state index is 13.5. The van der Waals surface area contributed by atoms with Crippen LogP contribution in [0.25, 0.3) is 0 Å². The van der Waals surface area contributed by atoms with Crippen molar-refractivity contribution in [2.24, 2.45) is 0 Å². The first-order valence-corrected chi connectivity index (χ1v) is 6.93. The molecule has 18 heavy (non-hydrogen) atoms. The van der Waals surface area contributed by atoms with Crippen LogP contribution in [0.4, 0.5) is 15.8 Å². The van der Waals surface area contributed by atoms with Crippen molar-refractivity contribution in [3.8, 4) is 5.75 Å². The molecular weight excluding hydrogens is 251 g/mol. The Labute approximate surface area is 111 Å². The normalized spacial score (nSPS) is 18.8. The molecule has 0 amide bonds. The minimum atomic E-state index is -0.413. The van der Waals surface area contributed by atoms with Crippen LogP contribution in [0.5, 0.6) is 5.75 Å². The number of nitrogens with two attached hydrogens (primary N) is 1. The molecule has 1 saturated heterocycles. The van der Waals surface area contributed by atoms with Gasteiger partial charge in [-0.05, 0) is 13.8 Å². The number of ether oxygens (including phenoxy) is 1. The van der Waals surface area contributed by atoms with Crippen molar-refractivity contribution in [3.05, 3.63) is 17.9 Å². The van der Waals surface area contributed by atoms with E-state index in [9.17, 15) is 4.39 Å². The van der Waals surface area contributed by atoms with E-state index in [0.717, 1.165) is 24.5 Å². The molecule has 2 rings (SSSR count). The Morgan fingerprint density at radius 3 is 2.78 bits per heavy atom. The number of hydrogen-bond donors (Lipinski definition) is 1. The first-order chi connectivity index (χ1) is 8.43. The van der Waals surface area contributed by atoms with Gasteiger partial charge in [-0.25, -0.2) is 4.39 Å². The molecule has 0 aromatic heterocycles. The van der Waals surface area contributed by atoms with Crippen LogP contribution >= 0.6 is 11.8 Å². The third-order valence-electron chi connectivity index (χ3n) is 3.07. The van der Waals surface area contributed by atoms with E-state index in [0.29, 0.717) is 5.69 Å². The number of anilines is 2. The minimum absolute atomic E-state index is 0.187. The predicted molar refractivity (Wildman–Crippen MR) is 76.1 cm³/mol. The van der Waals surface area contributed by atoms with Gasteiger partial charge in [0, 0.05) is 35.7 Å². The zero-order valence-electron chi connectivity index (χ0n) is 11.0. The Balaban J connectivity index is 2.32. The van der Waals surface area contributed by atoms with Crippen LogP contribution in [0, 0.1) is 5.82 Å². The summed E-state index contributed by atoms with van der Waals surface area (Å²) in [5.74, 6) is 0.881. The number of methoxy groups -OCH3 is 1. The topological polar surface area (TPSA) is 38.5 Å². The van der Waals surface area contributed by atoms with Crippen molar-refractivity contribution in [2.45, 2.75) is 18.6 Å². The van der Waals surface area contributed by atoms with Gasteiger partial charge in [0.1, 0.15) is 0 Å². The molecule has 5 heteroatoms. The first kappa shape index (κ1) is 13.3. The van der Waals surface area contributed by atoms with Gasteiger partial charge in [0.25, 0.3) is 0 Å². The molecule has 0 spiro atoms. The van der Waals surface area contributed by atoms with E-state index < -0.39 is 5.82 Å². The molecule has 0 unspecified atom stereocenters. The third-order valence-corrected chi connectivity index (χ3v) is 4.36. The Morgan fingerprint density at radius 1 is 1.44 bits per heavy atom. The smallest absolute Gasteiger partial charge is 0.167 e. The van der Waals surface area contributed by atoms with Crippen LogP contribution in [0.2, 0.25) is 0 Å². The molecule has 0 aliphatic carbocycles. The van der Waals surface area contributed by atoms with Gasteiger partial charge in [-0.15, -0.1) is 0 Å². The number of nitrogens with zero attached hydrogens (tertiary/aromatic N) is 1. The van der Waals surface area contributed by atoms with Crippen molar-refractivity contribution < 1.29 is 9.13 Å². The number of hydrogen-bond acceptors (Lipinski definition) is 4. The van der Waals surface area contributed by atoms with Crippen molar-refractivity contribution in [3.63, 3.8) is 0 Å². The summed E-state index contributed by atoms with van der Waals surface area (Å²) >= 11 is 1.95. The molecule has 1 aliphatic heterocycles. The molecule has 0 atom stereocenters. The zero-order valence-corrected chi connectivity index (χ0v) is 11.8. The van der Waals surface area contributed by atoms with Crippen molar-refractivity contribution in [2.75, 3.05) is 36.6 Å². The second-order valence-corrected chi connectivity index (χ2v) is 6.88. The van der Waals surface area contributed by atoms with Gasteiger partial charge in [0.2, 0.25) is 0 Å². The second kappa shape index (κ2) is 4.88. The Kier molecular flexibility index (Phi) is 3.61. The molecule has 1 aromatic carbocycles. The van der Waals surface area contributed by atoms with Gasteiger partial charge in [0.05, 0.1) is 18.5 Å². The van der Waals surface area contributed by atoms with E-state index >= 15 is 0 Å². The van der Waals surface area contributed by atoms with Gasteiger partial charge in [-0.2, -0.15) is 11.8 Å². The summed E-state index contributed by atoms with van der Waals surface area (Å²) in [6.07, 6.45) is 0. The average molecular weight is 270 g/mol. The summed E-state index contributed by atoms with van der Waals surface area (Å²) < 4.78 is 18.7. The minimum Gasteiger partial charge on any atom is -0.494 e. The van der Waals surface area contributed by atoms with E-state index in [1.54, 1.807) is 6.07 Å². The molecule has 1 aromatic rings. The van der Waals surface area contributed by atoms with Crippen molar-refractivity contribution >= 4 is 23.1 Å². The molecule has 0 radical (unpaired) electrons. The van der Waals surface area contributed by atoms with Crippen LogP contribution in [0.3, 0.4) is 0 Å². The van der Waals surface area contributed by atoms with E-state index in [1.165, 1.54) is 13.2 Å². The highest BCUT2D eigenvalue weighted by Crippen LogP contribution is 2.36. The number of halogens is 1. The highest BCUT2D eigenvalue weighted by atomic mass is 32.2.